The van der Waals surface area contributed by atoms with E-state index in [1.54, 1.807) is 28.8 Å². The van der Waals surface area contributed by atoms with Gasteiger partial charge < -0.3 is 9.84 Å². The molecule has 2 aromatic heterocycles. The van der Waals surface area contributed by atoms with Crippen molar-refractivity contribution >= 4 is 39.1 Å². The lowest BCUT2D eigenvalue weighted by Crippen LogP contribution is -2.26. The second-order valence-electron chi connectivity index (χ2n) is 7.70. The summed E-state index contributed by atoms with van der Waals surface area (Å²) in [5, 5.41) is 11.7. The summed E-state index contributed by atoms with van der Waals surface area (Å²) < 4.78 is 7.35. The number of rotatable bonds is 9. The Labute approximate surface area is 190 Å². The Morgan fingerprint density at radius 1 is 1.26 bits per heavy atom. The van der Waals surface area contributed by atoms with Crippen molar-refractivity contribution in [2.75, 3.05) is 12.4 Å². The largest absolute Gasteiger partial charge is 0.491 e. The predicted molar refractivity (Wildman–Crippen MR) is 127 cm³/mol. The maximum Gasteiger partial charge on any atom is 0.263 e. The van der Waals surface area contributed by atoms with Crippen molar-refractivity contribution in [3.63, 3.8) is 0 Å². The summed E-state index contributed by atoms with van der Waals surface area (Å²) in [6.07, 6.45) is -0.274. The van der Waals surface area contributed by atoms with E-state index in [9.17, 15) is 14.7 Å². The number of carbonyl (C=O) groups is 1. The monoisotopic (exact) mass is 460 g/mol. The van der Waals surface area contributed by atoms with Crippen molar-refractivity contribution in [2.24, 2.45) is 0 Å². The molecular formula is C23H28N2O4S2. The van der Waals surface area contributed by atoms with Crippen LogP contribution < -0.4 is 10.3 Å². The van der Waals surface area contributed by atoms with Crippen molar-refractivity contribution in [3.05, 3.63) is 50.6 Å². The first-order chi connectivity index (χ1) is 14.7. The van der Waals surface area contributed by atoms with Crippen molar-refractivity contribution in [1.82, 2.24) is 9.55 Å². The molecule has 0 spiro atoms. The van der Waals surface area contributed by atoms with Gasteiger partial charge in [-0.3, -0.25) is 14.2 Å². The number of fused-ring (bicyclic) bond motifs is 1. The van der Waals surface area contributed by atoms with Gasteiger partial charge >= 0.3 is 0 Å². The second kappa shape index (κ2) is 9.97. The molecule has 0 saturated carbocycles. The van der Waals surface area contributed by atoms with Crippen LogP contribution in [0, 0.1) is 13.8 Å². The average Bonchev–Trinajstić information content (AvgIpc) is 3.03. The van der Waals surface area contributed by atoms with Gasteiger partial charge in [0.15, 0.2) is 10.9 Å². The first-order valence-corrected chi connectivity index (χ1v) is 12.1. The van der Waals surface area contributed by atoms with E-state index < -0.39 is 6.10 Å². The highest BCUT2D eigenvalue weighted by Crippen LogP contribution is 2.29. The van der Waals surface area contributed by atoms with Gasteiger partial charge in [-0.25, -0.2) is 4.98 Å². The number of aliphatic hydroxyl groups is 1. The molecule has 31 heavy (non-hydrogen) atoms. The molecule has 1 aromatic carbocycles. The van der Waals surface area contributed by atoms with Crippen LogP contribution in [-0.4, -0.2) is 38.9 Å². The van der Waals surface area contributed by atoms with Gasteiger partial charge in [0, 0.05) is 28.7 Å². The van der Waals surface area contributed by atoms with Crippen LogP contribution in [0.3, 0.4) is 0 Å². The molecule has 0 amide bonds. The van der Waals surface area contributed by atoms with Crippen LogP contribution in [-0.2, 0) is 0 Å². The Bertz CT molecular complexity index is 1130. The maximum absolute atomic E-state index is 13.1. The minimum Gasteiger partial charge on any atom is -0.491 e. The standard InChI is InChI=1S/C23H28N2O4S2/c1-6-19(27)16-7-9-18(10-8-16)29-11-17(26)12-30-23-24-21-20(14(4)15(5)31-21)22(28)25(23)13(2)3/h7-10,13,17,26H,6,11-12H2,1-5H3. The summed E-state index contributed by atoms with van der Waals surface area (Å²) in [5.74, 6) is 1.03. The normalized spacial score (nSPS) is 12.5. The zero-order chi connectivity index (χ0) is 22.7. The molecule has 1 atom stereocenters. The van der Waals surface area contributed by atoms with E-state index in [1.165, 1.54) is 23.1 Å². The third-order valence-electron chi connectivity index (χ3n) is 5.06. The number of carbonyl (C=O) groups excluding carboxylic acids is 1. The molecule has 0 aliphatic carbocycles. The Hall–Kier alpha value is -2.16. The van der Waals surface area contributed by atoms with E-state index in [-0.39, 0.29) is 24.0 Å². The summed E-state index contributed by atoms with van der Waals surface area (Å²) in [7, 11) is 0. The number of nitrogens with zero attached hydrogens (tertiary/aromatic N) is 2. The second-order valence-corrected chi connectivity index (χ2v) is 9.89. The van der Waals surface area contributed by atoms with Gasteiger partial charge in [-0.05, 0) is 57.5 Å². The Balaban J connectivity index is 1.68. The minimum atomic E-state index is -0.734. The van der Waals surface area contributed by atoms with Gasteiger partial charge in [0.1, 0.15) is 17.2 Å². The van der Waals surface area contributed by atoms with Crippen LogP contribution >= 0.6 is 23.1 Å². The SMILES string of the molecule is CCC(=O)c1ccc(OCC(O)CSc2nc3sc(C)c(C)c3c(=O)n2C(C)C)cc1. The fourth-order valence-corrected chi connectivity index (χ4v) is 5.30. The highest BCUT2D eigenvalue weighted by atomic mass is 32.2. The number of Topliss-reactive ketones (excluding diaryl/α,β-unsaturated/α-hetero) is 1. The van der Waals surface area contributed by atoms with E-state index in [0.29, 0.717) is 34.0 Å². The molecule has 0 aliphatic heterocycles. The maximum atomic E-state index is 13.1. The quantitative estimate of drug-likeness (QED) is 0.281. The predicted octanol–water partition coefficient (Wildman–Crippen LogP) is 4.78. The first-order valence-electron chi connectivity index (χ1n) is 10.3. The van der Waals surface area contributed by atoms with Crippen LogP contribution in [0.25, 0.3) is 10.2 Å². The van der Waals surface area contributed by atoms with E-state index in [0.717, 1.165) is 15.3 Å². The number of benzene rings is 1. The lowest BCUT2D eigenvalue weighted by molar-refractivity contribution is 0.0987. The molecule has 8 heteroatoms. The number of ether oxygens (including phenoxy) is 1. The zero-order valence-electron chi connectivity index (χ0n) is 18.5. The summed E-state index contributed by atoms with van der Waals surface area (Å²) in [4.78, 5) is 31.3. The summed E-state index contributed by atoms with van der Waals surface area (Å²) in [5.41, 5.74) is 1.61. The highest BCUT2D eigenvalue weighted by molar-refractivity contribution is 7.99. The molecule has 1 unspecified atom stereocenters. The van der Waals surface area contributed by atoms with Gasteiger partial charge in [-0.15, -0.1) is 11.3 Å². The molecule has 2 heterocycles. The Kier molecular flexibility index (Phi) is 7.56. The van der Waals surface area contributed by atoms with Gasteiger partial charge in [0.2, 0.25) is 0 Å². The van der Waals surface area contributed by atoms with Crippen LogP contribution in [0.2, 0.25) is 0 Å². The van der Waals surface area contributed by atoms with Gasteiger partial charge in [-0.1, -0.05) is 18.7 Å². The molecule has 0 bridgehead atoms. The number of hydrogen-bond donors (Lipinski definition) is 1. The van der Waals surface area contributed by atoms with Crippen molar-refractivity contribution in [3.8, 4) is 5.75 Å². The number of hydrogen-bond acceptors (Lipinski definition) is 7. The van der Waals surface area contributed by atoms with Crippen molar-refractivity contribution in [1.29, 1.82) is 0 Å². The average molecular weight is 461 g/mol. The molecule has 6 nitrogen and oxygen atoms in total. The molecular weight excluding hydrogens is 432 g/mol. The topological polar surface area (TPSA) is 81.4 Å². The van der Waals surface area contributed by atoms with E-state index in [1.807, 2.05) is 34.6 Å². The number of aromatic nitrogens is 2. The molecule has 0 saturated heterocycles. The Morgan fingerprint density at radius 2 is 1.94 bits per heavy atom. The van der Waals surface area contributed by atoms with E-state index in [4.69, 9.17) is 9.72 Å². The molecule has 1 N–H and O–H groups in total. The van der Waals surface area contributed by atoms with E-state index >= 15 is 0 Å². The fraction of sp³-hybridized carbons (Fsp3) is 0.435. The number of aryl methyl sites for hydroxylation is 2. The van der Waals surface area contributed by atoms with Gasteiger partial charge in [0.05, 0.1) is 11.5 Å². The van der Waals surface area contributed by atoms with E-state index in [2.05, 4.69) is 0 Å². The molecule has 3 aromatic rings. The fourth-order valence-electron chi connectivity index (χ4n) is 3.20. The lowest BCUT2D eigenvalue weighted by Gasteiger charge is -2.17. The number of thioether (sulfide) groups is 1. The third kappa shape index (κ3) is 5.19. The molecule has 0 radical (unpaired) electrons. The van der Waals surface area contributed by atoms with Gasteiger partial charge in [0.25, 0.3) is 5.56 Å². The van der Waals surface area contributed by atoms with Gasteiger partial charge in [-0.2, -0.15) is 0 Å². The summed E-state index contributed by atoms with van der Waals surface area (Å²) >= 11 is 2.88. The highest BCUT2D eigenvalue weighted by Gasteiger charge is 2.19. The summed E-state index contributed by atoms with van der Waals surface area (Å²) in [6, 6.07) is 6.89. The molecule has 3 rings (SSSR count). The minimum absolute atomic E-state index is 0.0307. The molecule has 166 valence electrons. The zero-order valence-corrected chi connectivity index (χ0v) is 20.1. The van der Waals surface area contributed by atoms with Crippen molar-refractivity contribution < 1.29 is 14.6 Å². The smallest absolute Gasteiger partial charge is 0.263 e. The third-order valence-corrected chi connectivity index (χ3v) is 7.26. The van der Waals surface area contributed by atoms with Crippen LogP contribution in [0.15, 0.2) is 34.2 Å². The number of thiophene rings is 1. The van der Waals surface area contributed by atoms with Crippen LogP contribution in [0.1, 0.15) is 54.0 Å². The molecule has 0 aliphatic rings. The lowest BCUT2D eigenvalue weighted by atomic mass is 10.1. The number of aliphatic hydroxyl groups excluding tert-OH is 1. The first kappa shape index (κ1) is 23.5. The molecule has 0 fully saturated rings. The van der Waals surface area contributed by atoms with Crippen LogP contribution in [0.4, 0.5) is 0 Å². The van der Waals surface area contributed by atoms with Crippen molar-refractivity contribution in [2.45, 2.75) is 58.3 Å². The number of ketones is 1. The Morgan fingerprint density at radius 3 is 2.55 bits per heavy atom. The van der Waals surface area contributed by atoms with Crippen LogP contribution in [0.5, 0.6) is 5.75 Å². The summed E-state index contributed by atoms with van der Waals surface area (Å²) in [6.45, 7) is 9.81.